The summed E-state index contributed by atoms with van der Waals surface area (Å²) in [6.45, 7) is 2.86. The minimum absolute atomic E-state index is 0.321. The molecule has 0 aliphatic rings. The van der Waals surface area contributed by atoms with Crippen molar-refractivity contribution in [2.75, 3.05) is 11.9 Å². The van der Waals surface area contributed by atoms with Crippen molar-refractivity contribution >= 4 is 45.8 Å². The molecule has 0 saturated heterocycles. The van der Waals surface area contributed by atoms with Crippen LogP contribution < -0.4 is 5.32 Å². The van der Waals surface area contributed by atoms with Crippen molar-refractivity contribution in [1.29, 1.82) is 0 Å². The number of anilines is 1. The van der Waals surface area contributed by atoms with Gasteiger partial charge < -0.3 is 20.5 Å². The van der Waals surface area contributed by atoms with Crippen LogP contribution in [0.3, 0.4) is 0 Å². The summed E-state index contributed by atoms with van der Waals surface area (Å²) < 4.78 is 0. The van der Waals surface area contributed by atoms with Crippen LogP contribution in [-0.4, -0.2) is 32.7 Å². The van der Waals surface area contributed by atoms with Crippen LogP contribution in [0.4, 0.5) is 5.82 Å². The molecule has 1 atom stereocenters. The number of carbonyl (C=O) groups excluding carboxylic acids is 1. The van der Waals surface area contributed by atoms with Crippen LogP contribution in [0.15, 0.2) is 30.3 Å². The number of fused-ring (bicyclic) bond motifs is 1. The van der Waals surface area contributed by atoms with Crippen LogP contribution >= 0.6 is 23.2 Å². The molecule has 0 bridgehead atoms. The summed E-state index contributed by atoms with van der Waals surface area (Å²) >= 11 is 12.1. The molecule has 136 valence electrons. The third-order valence-corrected chi connectivity index (χ3v) is 4.93. The summed E-state index contributed by atoms with van der Waals surface area (Å²) in [6, 6.07) is 7.99. The highest BCUT2D eigenvalue weighted by Gasteiger charge is 2.22. The largest absolute Gasteiger partial charge is 0.393 e. The maximum Gasteiger partial charge on any atom is 0.256 e. The number of pyridine rings is 1. The summed E-state index contributed by atoms with van der Waals surface area (Å²) in [5.41, 5.74) is 0.870. The zero-order valence-electron chi connectivity index (χ0n) is 14.1. The fraction of sp³-hybridized carbons (Fsp3) is 0.222. The highest BCUT2D eigenvalue weighted by atomic mass is 35.5. The van der Waals surface area contributed by atoms with Crippen molar-refractivity contribution in [3.63, 3.8) is 0 Å². The van der Waals surface area contributed by atoms with E-state index in [1.165, 1.54) is 6.92 Å². The Morgan fingerprint density at radius 2 is 1.96 bits per heavy atom. The van der Waals surface area contributed by atoms with Gasteiger partial charge in [-0.25, -0.2) is 4.98 Å². The maximum atomic E-state index is 12.4. The monoisotopic (exact) mass is 393 g/mol. The molecule has 0 unspecified atom stereocenters. The van der Waals surface area contributed by atoms with E-state index >= 15 is 0 Å². The topological polar surface area (TPSA) is 98.2 Å². The second-order valence-electron chi connectivity index (χ2n) is 6.23. The standard InChI is InChI=1S/C18H17Cl2N3O3/c1-9-14-12(22-16(20)15(14)19)7-13(21-9)23-17(25)10-3-5-11(6-4-10)18(2,26)8-24/h3-7,22,24,26H,8H2,1-2H3,(H,21,23,25)/t18-/m1/s1. The molecule has 0 aliphatic carbocycles. The molecule has 6 nitrogen and oxygen atoms in total. The van der Waals surface area contributed by atoms with Gasteiger partial charge in [-0.2, -0.15) is 0 Å². The molecule has 3 aromatic rings. The van der Waals surface area contributed by atoms with E-state index in [1.807, 2.05) is 0 Å². The first-order valence-corrected chi connectivity index (χ1v) is 8.58. The first-order chi connectivity index (χ1) is 12.2. The zero-order chi connectivity index (χ0) is 19.1. The Bertz CT molecular complexity index is 982. The lowest BCUT2D eigenvalue weighted by Crippen LogP contribution is -2.25. The SMILES string of the molecule is Cc1nc(NC(=O)c2ccc([C@](C)(O)CO)cc2)cc2[nH]c(Cl)c(Cl)c12. The minimum Gasteiger partial charge on any atom is -0.393 e. The third-order valence-electron chi connectivity index (χ3n) is 4.18. The van der Waals surface area contributed by atoms with Gasteiger partial charge >= 0.3 is 0 Å². The van der Waals surface area contributed by atoms with E-state index in [2.05, 4.69) is 15.3 Å². The van der Waals surface area contributed by atoms with Crippen LogP contribution in [0.25, 0.3) is 10.9 Å². The number of aliphatic hydroxyl groups is 2. The van der Waals surface area contributed by atoms with Gasteiger partial charge in [0.25, 0.3) is 5.91 Å². The molecule has 8 heteroatoms. The number of hydrogen-bond donors (Lipinski definition) is 4. The normalized spacial score (nSPS) is 13.6. The average molecular weight is 394 g/mol. The number of hydrogen-bond acceptors (Lipinski definition) is 4. The van der Waals surface area contributed by atoms with Crippen molar-refractivity contribution in [2.45, 2.75) is 19.4 Å². The summed E-state index contributed by atoms with van der Waals surface area (Å²) in [6.07, 6.45) is 0. The van der Waals surface area contributed by atoms with E-state index in [9.17, 15) is 15.0 Å². The van der Waals surface area contributed by atoms with Gasteiger partial charge in [0.15, 0.2) is 0 Å². The Morgan fingerprint density at radius 3 is 2.58 bits per heavy atom. The van der Waals surface area contributed by atoms with Crippen molar-refractivity contribution in [3.8, 4) is 0 Å². The maximum absolute atomic E-state index is 12.4. The predicted molar refractivity (Wildman–Crippen MR) is 102 cm³/mol. The van der Waals surface area contributed by atoms with Gasteiger partial charge in [-0.05, 0) is 31.5 Å². The Kier molecular flexibility index (Phi) is 4.94. The Balaban J connectivity index is 1.85. The molecule has 1 aromatic carbocycles. The molecule has 0 aliphatic heterocycles. The molecular formula is C18H17Cl2N3O3. The molecule has 0 saturated carbocycles. The van der Waals surface area contributed by atoms with Gasteiger partial charge in [0, 0.05) is 17.0 Å². The van der Waals surface area contributed by atoms with Crippen LogP contribution in [0.2, 0.25) is 10.2 Å². The fourth-order valence-electron chi connectivity index (χ4n) is 2.66. The number of nitrogens with one attached hydrogen (secondary N) is 2. The smallest absolute Gasteiger partial charge is 0.256 e. The number of amides is 1. The van der Waals surface area contributed by atoms with Gasteiger partial charge in [0.2, 0.25) is 0 Å². The van der Waals surface area contributed by atoms with Gasteiger partial charge in [-0.1, -0.05) is 35.3 Å². The van der Waals surface area contributed by atoms with Gasteiger partial charge in [-0.3, -0.25) is 4.79 Å². The second kappa shape index (κ2) is 6.89. The lowest BCUT2D eigenvalue weighted by Gasteiger charge is -2.20. The van der Waals surface area contributed by atoms with Crippen molar-refractivity contribution < 1.29 is 15.0 Å². The van der Waals surface area contributed by atoms with Gasteiger partial charge in [0.05, 0.1) is 22.8 Å². The van der Waals surface area contributed by atoms with E-state index in [4.69, 9.17) is 23.2 Å². The number of rotatable bonds is 4. The summed E-state index contributed by atoms with van der Waals surface area (Å²) in [7, 11) is 0. The molecule has 1 amide bonds. The molecule has 2 aromatic heterocycles. The minimum atomic E-state index is -1.36. The van der Waals surface area contributed by atoms with Crippen LogP contribution in [0.1, 0.15) is 28.5 Å². The quantitative estimate of drug-likeness (QED) is 0.543. The number of H-pyrrole nitrogens is 1. The number of nitrogens with zero attached hydrogens (tertiary/aromatic N) is 1. The molecule has 0 radical (unpaired) electrons. The summed E-state index contributed by atoms with van der Waals surface area (Å²) in [4.78, 5) is 19.7. The number of benzene rings is 1. The molecule has 4 N–H and O–H groups in total. The lowest BCUT2D eigenvalue weighted by molar-refractivity contribution is -0.00229. The zero-order valence-corrected chi connectivity index (χ0v) is 15.6. The van der Waals surface area contributed by atoms with E-state index in [-0.39, 0.29) is 5.91 Å². The summed E-state index contributed by atoms with van der Waals surface area (Å²) in [5.74, 6) is 0.0104. The molecule has 0 spiro atoms. The molecule has 2 heterocycles. The third kappa shape index (κ3) is 3.41. The average Bonchev–Trinajstić information content (AvgIpc) is 2.89. The van der Waals surface area contributed by atoms with Gasteiger partial charge in [-0.15, -0.1) is 0 Å². The second-order valence-corrected chi connectivity index (χ2v) is 6.99. The van der Waals surface area contributed by atoms with E-state index in [1.54, 1.807) is 37.3 Å². The fourth-order valence-corrected chi connectivity index (χ4v) is 3.14. The van der Waals surface area contributed by atoms with Crippen LogP contribution in [0.5, 0.6) is 0 Å². The van der Waals surface area contributed by atoms with Crippen molar-refractivity contribution in [1.82, 2.24) is 9.97 Å². The predicted octanol–water partition coefficient (Wildman–Crippen LogP) is 3.63. The number of aromatic nitrogens is 2. The van der Waals surface area contributed by atoms with E-state index in [0.29, 0.717) is 43.7 Å². The van der Waals surface area contributed by atoms with Crippen LogP contribution in [-0.2, 0) is 5.60 Å². The van der Waals surface area contributed by atoms with E-state index < -0.39 is 12.2 Å². The van der Waals surface area contributed by atoms with Crippen molar-refractivity contribution in [3.05, 3.63) is 57.3 Å². The van der Waals surface area contributed by atoms with Crippen molar-refractivity contribution in [2.24, 2.45) is 0 Å². The molecule has 26 heavy (non-hydrogen) atoms. The highest BCUT2D eigenvalue weighted by Crippen LogP contribution is 2.33. The first-order valence-electron chi connectivity index (χ1n) is 7.82. The lowest BCUT2D eigenvalue weighted by atomic mass is 9.96. The Hall–Kier alpha value is -2.12. The van der Waals surface area contributed by atoms with Gasteiger partial charge in [0.1, 0.15) is 16.6 Å². The Labute approximate surface area is 159 Å². The first kappa shape index (κ1) is 18.7. The molecule has 0 fully saturated rings. The number of carbonyl (C=O) groups is 1. The number of aromatic amines is 1. The molecule has 3 rings (SSSR count). The molecular weight excluding hydrogens is 377 g/mol. The van der Waals surface area contributed by atoms with Crippen LogP contribution in [0, 0.1) is 6.92 Å². The summed E-state index contributed by atoms with van der Waals surface area (Å²) in [5, 5.41) is 23.4. The highest BCUT2D eigenvalue weighted by molar-refractivity contribution is 6.45. The van der Waals surface area contributed by atoms with E-state index in [0.717, 1.165) is 0 Å². The number of halogens is 2. The Morgan fingerprint density at radius 1 is 1.31 bits per heavy atom. The number of aryl methyl sites for hydroxylation is 1. The number of aliphatic hydroxyl groups excluding tert-OH is 1.